The van der Waals surface area contributed by atoms with Crippen LogP contribution in [-0.4, -0.2) is 34.3 Å². The molecule has 1 aromatic carbocycles. The van der Waals surface area contributed by atoms with Gasteiger partial charge < -0.3 is 15.5 Å². The van der Waals surface area contributed by atoms with Gasteiger partial charge in [-0.3, -0.25) is 4.79 Å². The third-order valence-corrected chi connectivity index (χ3v) is 2.44. The molecule has 1 aromatic rings. The molecule has 3 N–H and O–H groups in total. The van der Waals surface area contributed by atoms with Crippen molar-refractivity contribution in [1.82, 2.24) is 5.32 Å². The van der Waals surface area contributed by atoms with Gasteiger partial charge in [-0.2, -0.15) is 13.2 Å². The second-order valence-corrected chi connectivity index (χ2v) is 4.20. The number of carboxylic acids is 1. The van der Waals surface area contributed by atoms with Crippen molar-refractivity contribution < 1.29 is 33.0 Å². The quantitative estimate of drug-likeness (QED) is 0.790. The van der Waals surface area contributed by atoms with E-state index in [1.54, 1.807) is 12.2 Å². The van der Waals surface area contributed by atoms with Crippen LogP contribution in [0.4, 0.5) is 13.2 Å². The first-order valence-corrected chi connectivity index (χ1v) is 5.50. The number of hydrogen-bond donors (Lipinski definition) is 3. The number of benzene rings is 1. The van der Waals surface area contributed by atoms with Crippen molar-refractivity contribution >= 4 is 11.9 Å². The third kappa shape index (κ3) is 4.45. The van der Waals surface area contributed by atoms with E-state index >= 15 is 0 Å². The normalized spacial score (nSPS) is 12.8. The highest BCUT2D eigenvalue weighted by atomic mass is 19.4. The van der Waals surface area contributed by atoms with Gasteiger partial charge in [0.2, 0.25) is 0 Å². The number of phenols is 1. The Morgan fingerprint density at radius 1 is 1.35 bits per heavy atom. The Hall–Kier alpha value is -2.25. The zero-order chi connectivity index (χ0) is 15.5. The van der Waals surface area contributed by atoms with Crippen LogP contribution in [0.15, 0.2) is 18.2 Å². The van der Waals surface area contributed by atoms with Gasteiger partial charge in [-0.1, -0.05) is 6.07 Å². The second kappa shape index (κ2) is 5.81. The molecule has 0 radical (unpaired) electrons. The van der Waals surface area contributed by atoms with Gasteiger partial charge in [0.05, 0.1) is 12.0 Å². The summed E-state index contributed by atoms with van der Waals surface area (Å²) in [6, 6.07) is 1.80. The fraction of sp³-hybridized carbons (Fsp3) is 0.333. The number of nitrogens with one attached hydrogen (secondary N) is 1. The monoisotopic (exact) mass is 291 g/mol. The zero-order valence-corrected chi connectivity index (χ0v) is 10.4. The van der Waals surface area contributed by atoms with E-state index in [9.17, 15) is 27.9 Å². The van der Waals surface area contributed by atoms with E-state index in [0.29, 0.717) is 5.56 Å². The number of carbonyl (C=O) groups is 2. The number of aliphatic carboxylic acids is 1. The molecule has 0 aliphatic heterocycles. The highest BCUT2D eigenvalue weighted by Crippen LogP contribution is 2.23. The van der Waals surface area contributed by atoms with E-state index in [0.717, 1.165) is 0 Å². The number of aromatic hydroxyl groups is 1. The number of aryl methyl sites for hydroxylation is 1. The van der Waals surface area contributed by atoms with Crippen LogP contribution in [0.2, 0.25) is 0 Å². The fourth-order valence-corrected chi connectivity index (χ4v) is 1.50. The maximum absolute atomic E-state index is 12.2. The minimum Gasteiger partial charge on any atom is -0.507 e. The maximum atomic E-state index is 12.2. The van der Waals surface area contributed by atoms with E-state index in [1.807, 2.05) is 0 Å². The summed E-state index contributed by atoms with van der Waals surface area (Å²) in [6.45, 7) is 1.64. The van der Waals surface area contributed by atoms with Crippen LogP contribution in [0.3, 0.4) is 0 Å². The van der Waals surface area contributed by atoms with Crippen molar-refractivity contribution in [3.63, 3.8) is 0 Å². The molecule has 0 fully saturated rings. The molecule has 20 heavy (non-hydrogen) atoms. The Labute approximate surface area is 112 Å². The molecule has 1 unspecified atom stereocenters. The number of alkyl halides is 3. The van der Waals surface area contributed by atoms with Crippen LogP contribution >= 0.6 is 0 Å². The summed E-state index contributed by atoms with van der Waals surface area (Å²) in [4.78, 5) is 22.4. The highest BCUT2D eigenvalue weighted by Gasteiger charge is 2.36. The van der Waals surface area contributed by atoms with Crippen molar-refractivity contribution in [1.29, 1.82) is 0 Å². The number of rotatable bonds is 4. The Kier molecular flexibility index (Phi) is 4.59. The Morgan fingerprint density at radius 3 is 2.40 bits per heavy atom. The lowest BCUT2D eigenvalue weighted by Gasteiger charge is -2.16. The standard InChI is InChI=1S/C12H12F3NO4/c1-6-2-3-7(9(17)4-6)10(18)16-8(11(19)20)5-12(13,14)15/h2-4,8,17H,5H2,1H3,(H,16,18)(H,19,20). The first kappa shape index (κ1) is 15.8. The van der Waals surface area contributed by atoms with Crippen molar-refractivity contribution in [3.05, 3.63) is 29.3 Å². The number of halogens is 3. The zero-order valence-electron chi connectivity index (χ0n) is 10.4. The van der Waals surface area contributed by atoms with Gasteiger partial charge in [-0.05, 0) is 24.6 Å². The maximum Gasteiger partial charge on any atom is 0.391 e. The lowest BCUT2D eigenvalue weighted by molar-refractivity contribution is -0.157. The van der Waals surface area contributed by atoms with Gasteiger partial charge in [-0.25, -0.2) is 4.79 Å². The largest absolute Gasteiger partial charge is 0.507 e. The van der Waals surface area contributed by atoms with Crippen molar-refractivity contribution in [2.75, 3.05) is 0 Å². The minimum atomic E-state index is -4.73. The number of carbonyl (C=O) groups excluding carboxylic acids is 1. The van der Waals surface area contributed by atoms with Gasteiger partial charge in [0.15, 0.2) is 0 Å². The minimum absolute atomic E-state index is 0.288. The summed E-state index contributed by atoms with van der Waals surface area (Å²) < 4.78 is 36.6. The van der Waals surface area contributed by atoms with Crippen LogP contribution in [0.1, 0.15) is 22.3 Å². The molecule has 0 spiro atoms. The number of amides is 1. The number of phenolic OH excluding ortho intramolecular Hbond substituents is 1. The Balaban J connectivity index is 2.88. The van der Waals surface area contributed by atoms with Crippen molar-refractivity contribution in [2.24, 2.45) is 0 Å². The molecule has 1 rings (SSSR count). The molecular formula is C12H12F3NO4. The molecule has 1 amide bonds. The van der Waals surface area contributed by atoms with Crippen molar-refractivity contribution in [3.8, 4) is 5.75 Å². The number of hydrogen-bond acceptors (Lipinski definition) is 3. The van der Waals surface area contributed by atoms with Crippen LogP contribution in [-0.2, 0) is 4.79 Å². The molecule has 0 aliphatic carbocycles. The summed E-state index contributed by atoms with van der Waals surface area (Å²) in [5.74, 6) is -3.32. The van der Waals surface area contributed by atoms with Gasteiger partial charge in [0.25, 0.3) is 5.91 Å². The number of carboxylic acid groups (broad SMARTS) is 1. The molecule has 0 aromatic heterocycles. The molecule has 0 bridgehead atoms. The Morgan fingerprint density at radius 2 is 1.95 bits per heavy atom. The average Bonchev–Trinajstić information content (AvgIpc) is 2.25. The summed E-state index contributed by atoms with van der Waals surface area (Å²) in [5, 5.41) is 19.9. The van der Waals surface area contributed by atoms with E-state index in [-0.39, 0.29) is 5.56 Å². The van der Waals surface area contributed by atoms with E-state index < -0.39 is 36.3 Å². The smallest absolute Gasteiger partial charge is 0.391 e. The summed E-state index contributed by atoms with van der Waals surface area (Å²) in [7, 11) is 0. The average molecular weight is 291 g/mol. The first-order valence-electron chi connectivity index (χ1n) is 5.50. The fourth-order valence-electron chi connectivity index (χ4n) is 1.50. The first-order chi connectivity index (χ1) is 9.10. The van der Waals surface area contributed by atoms with Crippen molar-refractivity contribution in [2.45, 2.75) is 25.6 Å². The molecule has 0 saturated carbocycles. The molecule has 0 heterocycles. The van der Waals surface area contributed by atoms with Crippen LogP contribution < -0.4 is 5.32 Å². The van der Waals surface area contributed by atoms with Gasteiger partial charge in [0.1, 0.15) is 11.8 Å². The SMILES string of the molecule is Cc1ccc(C(=O)NC(CC(F)(F)F)C(=O)O)c(O)c1. The summed E-state index contributed by atoms with van der Waals surface area (Å²) >= 11 is 0. The van der Waals surface area contributed by atoms with Gasteiger partial charge in [-0.15, -0.1) is 0 Å². The van der Waals surface area contributed by atoms with Crippen LogP contribution in [0, 0.1) is 6.92 Å². The van der Waals surface area contributed by atoms with Crippen LogP contribution in [0.25, 0.3) is 0 Å². The summed E-state index contributed by atoms with van der Waals surface area (Å²) in [6.07, 6.45) is -6.42. The molecule has 110 valence electrons. The van der Waals surface area contributed by atoms with Gasteiger partial charge >= 0.3 is 12.1 Å². The lowest BCUT2D eigenvalue weighted by atomic mass is 10.1. The third-order valence-electron chi connectivity index (χ3n) is 2.44. The Bertz CT molecular complexity index is 528. The molecule has 8 heteroatoms. The molecule has 0 saturated heterocycles. The van der Waals surface area contributed by atoms with E-state index in [1.165, 1.54) is 18.2 Å². The highest BCUT2D eigenvalue weighted by molar-refractivity contribution is 5.98. The molecular weight excluding hydrogens is 279 g/mol. The molecule has 1 atom stereocenters. The lowest BCUT2D eigenvalue weighted by Crippen LogP contribution is -2.43. The predicted octanol–water partition coefficient (Wildman–Crippen LogP) is 1.84. The predicted molar refractivity (Wildman–Crippen MR) is 62.4 cm³/mol. The van der Waals surface area contributed by atoms with E-state index in [2.05, 4.69) is 0 Å². The van der Waals surface area contributed by atoms with E-state index in [4.69, 9.17) is 5.11 Å². The molecule has 0 aliphatic rings. The van der Waals surface area contributed by atoms with Crippen LogP contribution in [0.5, 0.6) is 5.75 Å². The topological polar surface area (TPSA) is 86.6 Å². The molecule has 5 nitrogen and oxygen atoms in total. The summed E-state index contributed by atoms with van der Waals surface area (Å²) in [5.41, 5.74) is 0.355. The van der Waals surface area contributed by atoms with Gasteiger partial charge in [0, 0.05) is 0 Å². The second-order valence-electron chi connectivity index (χ2n) is 4.20.